The zero-order valence-corrected chi connectivity index (χ0v) is 18.7. The third-order valence-electron chi connectivity index (χ3n) is 6.66. The van der Waals surface area contributed by atoms with E-state index in [-0.39, 0.29) is 42.5 Å². The number of benzene rings is 2. The van der Waals surface area contributed by atoms with E-state index in [0.29, 0.717) is 35.7 Å². The number of allylic oxidation sites excluding steroid dienone is 2. The van der Waals surface area contributed by atoms with Crippen LogP contribution >= 0.6 is 0 Å². The summed E-state index contributed by atoms with van der Waals surface area (Å²) in [5.74, 6) is -1.24. The van der Waals surface area contributed by atoms with Crippen LogP contribution in [0.1, 0.15) is 19.3 Å². The van der Waals surface area contributed by atoms with Crippen molar-refractivity contribution in [3.05, 3.63) is 60.7 Å². The Kier molecular flexibility index (Phi) is 5.65. The minimum absolute atomic E-state index is 0.0660. The molecule has 1 aliphatic carbocycles. The molecule has 2 aliphatic heterocycles. The highest BCUT2D eigenvalue weighted by Gasteiger charge is 2.47. The van der Waals surface area contributed by atoms with Gasteiger partial charge < -0.3 is 14.4 Å². The Bertz CT molecular complexity index is 1140. The monoisotopic (exact) mass is 460 g/mol. The van der Waals surface area contributed by atoms with Crippen LogP contribution in [0, 0.1) is 17.8 Å². The molecule has 2 fully saturated rings. The second-order valence-electron chi connectivity index (χ2n) is 8.69. The molecule has 2 aromatic rings. The van der Waals surface area contributed by atoms with Crippen molar-refractivity contribution in [2.45, 2.75) is 19.3 Å². The third-order valence-corrected chi connectivity index (χ3v) is 6.66. The number of hydrogen-bond acceptors (Lipinski definition) is 6. The van der Waals surface area contributed by atoms with E-state index in [1.807, 2.05) is 12.2 Å². The summed E-state index contributed by atoms with van der Waals surface area (Å²) >= 11 is 0. The molecule has 0 radical (unpaired) electrons. The van der Waals surface area contributed by atoms with Crippen LogP contribution in [0.2, 0.25) is 0 Å². The Morgan fingerprint density at radius 3 is 1.97 bits per heavy atom. The van der Waals surface area contributed by atoms with E-state index in [1.165, 1.54) is 4.90 Å². The van der Waals surface area contributed by atoms with Crippen LogP contribution in [-0.2, 0) is 19.2 Å². The fraction of sp³-hybridized carbons (Fsp3) is 0.308. The molecule has 3 aliphatic rings. The van der Waals surface area contributed by atoms with Crippen molar-refractivity contribution in [3.63, 3.8) is 0 Å². The van der Waals surface area contributed by atoms with Gasteiger partial charge in [-0.2, -0.15) is 0 Å². The van der Waals surface area contributed by atoms with E-state index in [4.69, 9.17) is 9.47 Å². The number of fused-ring (bicyclic) bond motifs is 1. The lowest BCUT2D eigenvalue weighted by Gasteiger charge is -2.17. The van der Waals surface area contributed by atoms with Crippen molar-refractivity contribution in [1.82, 2.24) is 0 Å². The molecule has 2 saturated heterocycles. The topological polar surface area (TPSA) is 93.2 Å². The average Bonchev–Trinajstić information content (AvgIpc) is 3.37. The maximum Gasteiger partial charge on any atom is 0.316 e. The lowest BCUT2D eigenvalue weighted by atomic mass is 9.85. The van der Waals surface area contributed by atoms with Crippen molar-refractivity contribution >= 4 is 35.1 Å². The zero-order chi connectivity index (χ0) is 23.8. The molecule has 3 amide bonds. The van der Waals surface area contributed by atoms with Gasteiger partial charge in [0.1, 0.15) is 11.5 Å². The third kappa shape index (κ3) is 3.85. The van der Waals surface area contributed by atoms with Crippen LogP contribution in [-0.4, -0.2) is 37.3 Å². The second-order valence-corrected chi connectivity index (χ2v) is 8.69. The Morgan fingerprint density at radius 2 is 1.38 bits per heavy atom. The minimum atomic E-state index is -0.591. The quantitative estimate of drug-likeness (QED) is 0.295. The van der Waals surface area contributed by atoms with Crippen LogP contribution in [0.15, 0.2) is 60.7 Å². The predicted octanol–water partition coefficient (Wildman–Crippen LogP) is 3.11. The van der Waals surface area contributed by atoms with Gasteiger partial charge in [0.2, 0.25) is 17.7 Å². The molecular weight excluding hydrogens is 436 g/mol. The smallest absolute Gasteiger partial charge is 0.316 e. The molecule has 174 valence electrons. The van der Waals surface area contributed by atoms with E-state index < -0.39 is 11.9 Å². The van der Waals surface area contributed by atoms with Crippen LogP contribution in [0.3, 0.4) is 0 Å². The van der Waals surface area contributed by atoms with Gasteiger partial charge in [0.05, 0.1) is 30.6 Å². The summed E-state index contributed by atoms with van der Waals surface area (Å²) in [4.78, 5) is 53.5. The largest absolute Gasteiger partial charge is 0.497 e. The summed E-state index contributed by atoms with van der Waals surface area (Å²) in [6.45, 7) is 0.232. The van der Waals surface area contributed by atoms with Gasteiger partial charge in [0, 0.05) is 18.7 Å². The number of nitrogens with zero attached hydrogens (tertiary/aromatic N) is 2. The first-order valence-electron chi connectivity index (χ1n) is 11.2. The predicted molar refractivity (Wildman–Crippen MR) is 123 cm³/mol. The van der Waals surface area contributed by atoms with Crippen LogP contribution in [0.4, 0.5) is 11.4 Å². The molecule has 5 rings (SSSR count). The highest BCUT2D eigenvalue weighted by atomic mass is 16.5. The molecule has 8 heteroatoms. The maximum absolute atomic E-state index is 12.7. The fourth-order valence-electron chi connectivity index (χ4n) is 4.79. The summed E-state index contributed by atoms with van der Waals surface area (Å²) in [6, 6.07) is 13.4. The SMILES string of the molecule is COc1ccc(N2C[C@H](C(=O)Oc3ccc(N4C(=O)[C@H]5CC=CC[C@@H]5C4=O)cc3)CC2=O)cc1. The minimum Gasteiger partial charge on any atom is -0.497 e. The number of methoxy groups -OCH3 is 1. The van der Waals surface area contributed by atoms with Gasteiger partial charge in [-0.25, -0.2) is 0 Å². The molecule has 2 heterocycles. The lowest BCUT2D eigenvalue weighted by molar-refractivity contribution is -0.139. The number of esters is 1. The molecule has 34 heavy (non-hydrogen) atoms. The summed E-state index contributed by atoms with van der Waals surface area (Å²) in [6.07, 6.45) is 5.12. The van der Waals surface area contributed by atoms with Gasteiger partial charge >= 0.3 is 5.97 Å². The molecule has 0 aromatic heterocycles. The van der Waals surface area contributed by atoms with Gasteiger partial charge in [-0.1, -0.05) is 12.2 Å². The molecule has 2 aromatic carbocycles. The van der Waals surface area contributed by atoms with Crippen LogP contribution in [0.5, 0.6) is 11.5 Å². The zero-order valence-electron chi connectivity index (χ0n) is 18.7. The first-order chi connectivity index (χ1) is 16.5. The van der Waals surface area contributed by atoms with E-state index >= 15 is 0 Å². The number of ether oxygens (including phenoxy) is 2. The first kappa shape index (κ1) is 21.9. The molecule has 0 unspecified atom stereocenters. The number of imide groups is 1. The number of amides is 3. The summed E-state index contributed by atoms with van der Waals surface area (Å²) in [7, 11) is 1.57. The van der Waals surface area contributed by atoms with Crippen molar-refractivity contribution < 1.29 is 28.7 Å². The fourth-order valence-corrected chi connectivity index (χ4v) is 4.79. The molecule has 3 atom stereocenters. The van der Waals surface area contributed by atoms with E-state index in [1.54, 1.807) is 60.5 Å². The Hall–Kier alpha value is -3.94. The van der Waals surface area contributed by atoms with Crippen molar-refractivity contribution in [3.8, 4) is 11.5 Å². The van der Waals surface area contributed by atoms with E-state index in [2.05, 4.69) is 0 Å². The Morgan fingerprint density at radius 1 is 0.824 bits per heavy atom. The number of carbonyl (C=O) groups excluding carboxylic acids is 4. The Balaban J connectivity index is 1.23. The van der Waals surface area contributed by atoms with Gasteiger partial charge in [-0.3, -0.25) is 24.1 Å². The second kappa shape index (κ2) is 8.78. The highest BCUT2D eigenvalue weighted by molar-refractivity contribution is 6.22. The van der Waals surface area contributed by atoms with Gasteiger partial charge in [0.25, 0.3) is 0 Å². The lowest BCUT2D eigenvalue weighted by Crippen LogP contribution is -2.30. The molecule has 8 nitrogen and oxygen atoms in total. The Labute approximate surface area is 196 Å². The molecule has 0 saturated carbocycles. The van der Waals surface area contributed by atoms with Crippen molar-refractivity contribution in [2.24, 2.45) is 17.8 Å². The van der Waals surface area contributed by atoms with E-state index in [0.717, 1.165) is 0 Å². The van der Waals surface area contributed by atoms with Crippen LogP contribution in [0.25, 0.3) is 0 Å². The summed E-state index contributed by atoms with van der Waals surface area (Å²) in [5, 5.41) is 0. The summed E-state index contributed by atoms with van der Waals surface area (Å²) < 4.78 is 10.6. The molecule has 0 bridgehead atoms. The summed E-state index contributed by atoms with van der Waals surface area (Å²) in [5.41, 5.74) is 1.16. The van der Waals surface area contributed by atoms with E-state index in [9.17, 15) is 19.2 Å². The van der Waals surface area contributed by atoms with Gasteiger partial charge in [-0.15, -0.1) is 0 Å². The molecule has 0 spiro atoms. The van der Waals surface area contributed by atoms with Crippen LogP contribution < -0.4 is 19.3 Å². The van der Waals surface area contributed by atoms with Gasteiger partial charge in [-0.05, 0) is 61.4 Å². The van der Waals surface area contributed by atoms with Crippen molar-refractivity contribution in [1.29, 1.82) is 0 Å². The number of anilines is 2. The number of hydrogen-bond donors (Lipinski definition) is 0. The first-order valence-corrected chi connectivity index (χ1v) is 11.2. The average molecular weight is 460 g/mol. The number of rotatable bonds is 5. The normalized spacial score (nSPS) is 23.9. The maximum atomic E-state index is 12.7. The number of carbonyl (C=O) groups is 4. The standard InChI is InChI=1S/C26H24N2O6/c1-33-19-10-6-17(7-11-19)27-15-16(14-23(27)29)26(32)34-20-12-8-18(9-13-20)28-24(30)21-4-2-3-5-22(21)25(28)31/h2-3,6-13,16,21-22H,4-5,14-15H2,1H3/t16-,21+,22+/m1/s1. The highest BCUT2D eigenvalue weighted by Crippen LogP contribution is 2.38. The van der Waals surface area contributed by atoms with Crippen molar-refractivity contribution in [2.75, 3.05) is 23.5 Å². The molecule has 0 N–H and O–H groups in total. The van der Waals surface area contributed by atoms with Gasteiger partial charge in [0.15, 0.2) is 0 Å². The molecular formula is C26H24N2O6.